The highest BCUT2D eigenvalue weighted by Crippen LogP contribution is 2.37. The summed E-state index contributed by atoms with van der Waals surface area (Å²) in [5.41, 5.74) is 7.53. The van der Waals surface area contributed by atoms with Crippen molar-refractivity contribution >= 4 is 44.3 Å². The number of halogens is 1. The molecule has 0 fully saturated rings. The zero-order chi connectivity index (χ0) is 24.1. The molecule has 0 radical (unpaired) electrons. The molecule has 0 saturated heterocycles. The second-order valence-corrected chi connectivity index (χ2v) is 9.17. The van der Waals surface area contributed by atoms with E-state index < -0.39 is 0 Å². The van der Waals surface area contributed by atoms with Crippen LogP contribution in [-0.2, 0) is 0 Å². The summed E-state index contributed by atoms with van der Waals surface area (Å²) in [6.07, 6.45) is 0. The van der Waals surface area contributed by atoms with Gasteiger partial charge in [0.1, 0.15) is 11.2 Å². The van der Waals surface area contributed by atoms with Gasteiger partial charge in [-0.1, -0.05) is 78.9 Å². The fraction of sp³-hybridized carbons (Fsp3) is 0. The quantitative estimate of drug-likeness (QED) is 0.235. The molecule has 7 aromatic rings. The van der Waals surface area contributed by atoms with Crippen LogP contribution >= 0.6 is 11.6 Å². The molecule has 0 saturated carbocycles. The molecule has 0 aliphatic carbocycles. The summed E-state index contributed by atoms with van der Waals surface area (Å²) in [5.74, 6) is 0. The first-order valence-corrected chi connectivity index (χ1v) is 12.2. The SMILES string of the molecule is Clc1nc(-c2ccccc2)cc(-c2cc(-c3ccc4c(c3)oc3ccccc34)c3ccccc3c2)n1. The lowest BCUT2D eigenvalue weighted by molar-refractivity contribution is 0.669. The Morgan fingerprint density at radius 1 is 0.500 bits per heavy atom. The van der Waals surface area contributed by atoms with Crippen molar-refractivity contribution in [1.82, 2.24) is 9.97 Å². The summed E-state index contributed by atoms with van der Waals surface area (Å²) in [6.45, 7) is 0. The van der Waals surface area contributed by atoms with Crippen LogP contribution in [-0.4, -0.2) is 9.97 Å². The second-order valence-electron chi connectivity index (χ2n) is 8.83. The van der Waals surface area contributed by atoms with Gasteiger partial charge < -0.3 is 4.42 Å². The van der Waals surface area contributed by atoms with Gasteiger partial charge in [-0.2, -0.15) is 0 Å². The van der Waals surface area contributed by atoms with E-state index in [0.29, 0.717) is 0 Å². The second kappa shape index (κ2) is 8.33. The van der Waals surface area contributed by atoms with Gasteiger partial charge >= 0.3 is 0 Å². The van der Waals surface area contributed by atoms with E-state index in [-0.39, 0.29) is 5.28 Å². The van der Waals surface area contributed by atoms with Crippen molar-refractivity contribution in [3.05, 3.63) is 121 Å². The Morgan fingerprint density at radius 2 is 1.19 bits per heavy atom. The highest BCUT2D eigenvalue weighted by Gasteiger charge is 2.14. The van der Waals surface area contributed by atoms with Crippen LogP contribution in [0.1, 0.15) is 0 Å². The Bertz CT molecular complexity index is 1910. The van der Waals surface area contributed by atoms with Crippen LogP contribution in [0.3, 0.4) is 0 Å². The predicted octanol–water partition coefficient (Wildman–Crippen LogP) is 9.18. The number of hydrogen-bond acceptors (Lipinski definition) is 3. The van der Waals surface area contributed by atoms with Gasteiger partial charge in [0.25, 0.3) is 0 Å². The number of hydrogen-bond donors (Lipinski definition) is 0. The smallest absolute Gasteiger partial charge is 0.223 e. The average molecular weight is 483 g/mol. The number of benzene rings is 5. The van der Waals surface area contributed by atoms with Crippen molar-refractivity contribution in [3.8, 4) is 33.6 Å². The lowest BCUT2D eigenvalue weighted by atomic mass is 9.93. The molecule has 4 heteroatoms. The zero-order valence-corrected chi connectivity index (χ0v) is 19.9. The Kier molecular flexibility index (Phi) is 4.83. The Hall–Kier alpha value is -4.47. The number of furan rings is 1. The maximum atomic E-state index is 6.39. The van der Waals surface area contributed by atoms with E-state index in [1.807, 2.05) is 54.6 Å². The van der Waals surface area contributed by atoms with E-state index in [1.54, 1.807) is 0 Å². The summed E-state index contributed by atoms with van der Waals surface area (Å²) in [7, 11) is 0. The number of aromatic nitrogens is 2. The lowest BCUT2D eigenvalue weighted by Gasteiger charge is -2.12. The van der Waals surface area contributed by atoms with Crippen LogP contribution in [0, 0.1) is 0 Å². The third kappa shape index (κ3) is 3.53. The summed E-state index contributed by atoms with van der Waals surface area (Å²) >= 11 is 6.39. The molecule has 5 aromatic carbocycles. The third-order valence-corrected chi connectivity index (χ3v) is 6.78. The fourth-order valence-corrected chi connectivity index (χ4v) is 5.10. The summed E-state index contributed by atoms with van der Waals surface area (Å²) in [5, 5.41) is 4.77. The van der Waals surface area contributed by atoms with Crippen molar-refractivity contribution < 1.29 is 4.42 Å². The molecule has 36 heavy (non-hydrogen) atoms. The molecule has 0 unspecified atom stereocenters. The summed E-state index contributed by atoms with van der Waals surface area (Å²) in [6, 6.07) is 39.4. The lowest BCUT2D eigenvalue weighted by Crippen LogP contribution is -1.93. The van der Waals surface area contributed by atoms with Crippen molar-refractivity contribution in [2.75, 3.05) is 0 Å². The minimum absolute atomic E-state index is 0.227. The van der Waals surface area contributed by atoms with Gasteiger partial charge in [0.15, 0.2) is 0 Å². The molecule has 0 bridgehead atoms. The predicted molar refractivity (Wildman–Crippen MR) is 148 cm³/mol. The highest BCUT2D eigenvalue weighted by atomic mass is 35.5. The van der Waals surface area contributed by atoms with Gasteiger partial charge in [-0.15, -0.1) is 0 Å². The molecular formula is C32H19ClN2O. The first kappa shape index (κ1) is 20.9. The van der Waals surface area contributed by atoms with Gasteiger partial charge in [-0.25, -0.2) is 9.97 Å². The van der Waals surface area contributed by atoms with Gasteiger partial charge in [0.2, 0.25) is 5.28 Å². The molecule has 170 valence electrons. The molecule has 0 atom stereocenters. The van der Waals surface area contributed by atoms with Crippen LogP contribution in [0.4, 0.5) is 0 Å². The maximum Gasteiger partial charge on any atom is 0.223 e. The molecule has 0 aliphatic rings. The zero-order valence-electron chi connectivity index (χ0n) is 19.2. The van der Waals surface area contributed by atoms with Crippen molar-refractivity contribution in [2.45, 2.75) is 0 Å². The normalized spacial score (nSPS) is 11.5. The Balaban J connectivity index is 1.44. The minimum Gasteiger partial charge on any atom is -0.456 e. The van der Waals surface area contributed by atoms with Crippen LogP contribution in [0.5, 0.6) is 0 Å². The number of fused-ring (bicyclic) bond motifs is 4. The molecular weight excluding hydrogens is 464 g/mol. The van der Waals surface area contributed by atoms with Crippen molar-refractivity contribution in [2.24, 2.45) is 0 Å². The van der Waals surface area contributed by atoms with E-state index in [4.69, 9.17) is 16.0 Å². The Labute approximate surface area is 212 Å². The molecule has 2 heterocycles. The molecule has 7 rings (SSSR count). The van der Waals surface area contributed by atoms with E-state index in [9.17, 15) is 0 Å². The largest absolute Gasteiger partial charge is 0.456 e. The third-order valence-electron chi connectivity index (χ3n) is 6.62. The van der Waals surface area contributed by atoms with Gasteiger partial charge in [0, 0.05) is 21.9 Å². The molecule has 0 spiro atoms. The van der Waals surface area contributed by atoms with E-state index >= 15 is 0 Å². The number of para-hydroxylation sites is 1. The van der Waals surface area contributed by atoms with E-state index in [1.165, 1.54) is 5.39 Å². The first-order chi connectivity index (χ1) is 17.7. The van der Waals surface area contributed by atoms with Crippen molar-refractivity contribution in [1.29, 1.82) is 0 Å². The first-order valence-electron chi connectivity index (χ1n) is 11.8. The summed E-state index contributed by atoms with van der Waals surface area (Å²) in [4.78, 5) is 9.06. The number of rotatable bonds is 3. The maximum absolute atomic E-state index is 6.39. The standard InChI is InChI=1S/C32H19ClN2O/c33-32-34-28(20-8-2-1-3-9-20)19-29(35-32)23-16-21-10-4-5-11-24(21)27(17-23)22-14-15-26-25-12-6-7-13-30(25)36-31(26)18-22/h1-19H. The Morgan fingerprint density at radius 3 is 2.06 bits per heavy atom. The highest BCUT2D eigenvalue weighted by molar-refractivity contribution is 6.28. The van der Waals surface area contributed by atoms with E-state index in [2.05, 4.69) is 70.6 Å². The van der Waals surface area contributed by atoms with Gasteiger partial charge in [0.05, 0.1) is 11.4 Å². The molecule has 0 aliphatic heterocycles. The van der Waals surface area contributed by atoms with E-state index in [0.717, 1.165) is 61.0 Å². The monoisotopic (exact) mass is 482 g/mol. The van der Waals surface area contributed by atoms with Crippen LogP contribution in [0.25, 0.3) is 66.4 Å². The minimum atomic E-state index is 0.227. The summed E-state index contributed by atoms with van der Waals surface area (Å²) < 4.78 is 6.18. The molecule has 0 N–H and O–H groups in total. The van der Waals surface area contributed by atoms with Crippen LogP contribution < -0.4 is 0 Å². The number of nitrogens with zero attached hydrogens (tertiary/aromatic N) is 2. The molecule has 2 aromatic heterocycles. The van der Waals surface area contributed by atoms with Crippen molar-refractivity contribution in [3.63, 3.8) is 0 Å². The average Bonchev–Trinajstić information content (AvgIpc) is 3.30. The van der Waals surface area contributed by atoms with Gasteiger partial charge in [-0.05, 0) is 69.9 Å². The van der Waals surface area contributed by atoms with Gasteiger partial charge in [-0.3, -0.25) is 0 Å². The van der Waals surface area contributed by atoms with Crippen LogP contribution in [0.15, 0.2) is 120 Å². The molecule has 3 nitrogen and oxygen atoms in total. The fourth-order valence-electron chi connectivity index (χ4n) is 4.91. The topological polar surface area (TPSA) is 38.9 Å². The van der Waals surface area contributed by atoms with Crippen LogP contribution in [0.2, 0.25) is 5.28 Å². The molecule has 0 amide bonds.